The van der Waals surface area contributed by atoms with Crippen LogP contribution < -0.4 is 5.32 Å². The second-order valence-electron chi connectivity index (χ2n) is 4.95. The number of rotatable bonds is 9. The molecule has 1 N–H and O–H groups in total. The lowest BCUT2D eigenvalue weighted by Gasteiger charge is -2.20. The summed E-state index contributed by atoms with van der Waals surface area (Å²) in [5.74, 6) is 0.832. The summed E-state index contributed by atoms with van der Waals surface area (Å²) in [5.41, 5.74) is 0. The monoisotopic (exact) mass is 215 g/mol. The van der Waals surface area contributed by atoms with Gasteiger partial charge in [-0.05, 0) is 33.1 Å². The molecule has 0 aliphatic heterocycles. The highest BCUT2D eigenvalue weighted by molar-refractivity contribution is 4.67. The fraction of sp³-hybridized carbons (Fsp3) is 1.00. The molecule has 0 aliphatic rings. The van der Waals surface area contributed by atoms with Gasteiger partial charge in [0.1, 0.15) is 0 Å². The Morgan fingerprint density at radius 1 is 1.00 bits per heavy atom. The van der Waals surface area contributed by atoms with Crippen LogP contribution in [0.4, 0.5) is 0 Å². The van der Waals surface area contributed by atoms with Crippen LogP contribution in [0.2, 0.25) is 0 Å². The van der Waals surface area contributed by atoms with Crippen molar-refractivity contribution in [2.45, 2.75) is 66.0 Å². The van der Waals surface area contributed by atoms with Crippen LogP contribution in [-0.2, 0) is 4.74 Å². The second kappa shape index (κ2) is 9.17. The second-order valence-corrected chi connectivity index (χ2v) is 4.95. The minimum atomic E-state index is 0.471. The molecule has 0 saturated heterocycles. The van der Waals surface area contributed by atoms with Gasteiger partial charge >= 0.3 is 0 Å². The van der Waals surface area contributed by atoms with Gasteiger partial charge in [0.25, 0.3) is 0 Å². The molecule has 0 aromatic rings. The Hall–Kier alpha value is -0.0800. The number of hydrogen-bond acceptors (Lipinski definition) is 2. The van der Waals surface area contributed by atoms with E-state index >= 15 is 0 Å². The van der Waals surface area contributed by atoms with E-state index in [2.05, 4.69) is 33.0 Å². The Labute approximate surface area is 95.8 Å². The van der Waals surface area contributed by atoms with Crippen LogP contribution in [0, 0.1) is 5.92 Å². The van der Waals surface area contributed by atoms with Gasteiger partial charge in [-0.15, -0.1) is 0 Å². The molecular weight excluding hydrogens is 186 g/mol. The van der Waals surface area contributed by atoms with E-state index < -0.39 is 0 Å². The Balaban J connectivity index is 3.42. The molecule has 0 aromatic carbocycles. The molecule has 15 heavy (non-hydrogen) atoms. The first-order valence-corrected chi connectivity index (χ1v) is 6.40. The van der Waals surface area contributed by atoms with Crippen LogP contribution in [0.5, 0.6) is 0 Å². The summed E-state index contributed by atoms with van der Waals surface area (Å²) in [5, 5.41) is 3.56. The molecule has 0 rings (SSSR count). The molecule has 0 amide bonds. The average molecular weight is 215 g/mol. The van der Waals surface area contributed by atoms with Crippen molar-refractivity contribution < 1.29 is 4.74 Å². The fourth-order valence-corrected chi connectivity index (χ4v) is 1.74. The van der Waals surface area contributed by atoms with E-state index in [4.69, 9.17) is 4.74 Å². The van der Waals surface area contributed by atoms with Gasteiger partial charge in [0, 0.05) is 18.7 Å². The summed E-state index contributed by atoms with van der Waals surface area (Å²) in [4.78, 5) is 0. The van der Waals surface area contributed by atoms with Crippen molar-refractivity contribution >= 4 is 0 Å². The summed E-state index contributed by atoms with van der Waals surface area (Å²) < 4.78 is 5.38. The standard InChI is InChI=1S/C13H29NO/c1-6-15-10-13(5)14-12(4)9-7-8-11(2)3/h11-14H,6-10H2,1-5H3. The van der Waals surface area contributed by atoms with Crippen LogP contribution in [0.1, 0.15) is 53.9 Å². The average Bonchev–Trinajstić information content (AvgIpc) is 2.14. The lowest BCUT2D eigenvalue weighted by molar-refractivity contribution is 0.123. The van der Waals surface area contributed by atoms with E-state index in [0.29, 0.717) is 12.1 Å². The molecule has 92 valence electrons. The fourth-order valence-electron chi connectivity index (χ4n) is 1.74. The van der Waals surface area contributed by atoms with Crippen LogP contribution in [0.3, 0.4) is 0 Å². The molecule has 2 unspecified atom stereocenters. The van der Waals surface area contributed by atoms with E-state index in [-0.39, 0.29) is 0 Å². The summed E-state index contributed by atoms with van der Waals surface area (Å²) >= 11 is 0. The van der Waals surface area contributed by atoms with Gasteiger partial charge in [0.15, 0.2) is 0 Å². The van der Waals surface area contributed by atoms with Crippen molar-refractivity contribution in [3.05, 3.63) is 0 Å². The molecule has 0 spiro atoms. The van der Waals surface area contributed by atoms with Gasteiger partial charge in [0.05, 0.1) is 6.61 Å². The highest BCUT2D eigenvalue weighted by Gasteiger charge is 2.07. The van der Waals surface area contributed by atoms with Crippen molar-refractivity contribution in [1.82, 2.24) is 5.32 Å². The van der Waals surface area contributed by atoms with Gasteiger partial charge in [-0.3, -0.25) is 0 Å². The van der Waals surface area contributed by atoms with E-state index in [9.17, 15) is 0 Å². The first-order chi connectivity index (χ1) is 7.06. The van der Waals surface area contributed by atoms with Crippen molar-refractivity contribution in [2.75, 3.05) is 13.2 Å². The Morgan fingerprint density at radius 3 is 2.20 bits per heavy atom. The maximum atomic E-state index is 5.38. The molecular formula is C13H29NO. The van der Waals surface area contributed by atoms with E-state index in [0.717, 1.165) is 19.1 Å². The lowest BCUT2D eigenvalue weighted by atomic mass is 10.0. The predicted molar refractivity (Wildman–Crippen MR) is 67.2 cm³/mol. The van der Waals surface area contributed by atoms with Crippen LogP contribution >= 0.6 is 0 Å². The van der Waals surface area contributed by atoms with Crippen molar-refractivity contribution in [1.29, 1.82) is 0 Å². The third kappa shape index (κ3) is 10.2. The number of hydrogen-bond donors (Lipinski definition) is 1. The zero-order valence-electron chi connectivity index (χ0n) is 11.2. The molecule has 0 saturated carbocycles. The van der Waals surface area contributed by atoms with E-state index in [1.165, 1.54) is 19.3 Å². The molecule has 0 aromatic heterocycles. The summed E-state index contributed by atoms with van der Waals surface area (Å²) in [7, 11) is 0. The van der Waals surface area contributed by atoms with Crippen LogP contribution in [0.25, 0.3) is 0 Å². The zero-order valence-corrected chi connectivity index (χ0v) is 11.2. The minimum Gasteiger partial charge on any atom is -0.380 e. The normalized spacial score (nSPS) is 15.6. The third-order valence-corrected chi connectivity index (χ3v) is 2.56. The van der Waals surface area contributed by atoms with Crippen molar-refractivity contribution in [3.8, 4) is 0 Å². The molecule has 0 radical (unpaired) electrons. The number of ether oxygens (including phenoxy) is 1. The third-order valence-electron chi connectivity index (χ3n) is 2.56. The maximum absolute atomic E-state index is 5.38. The number of nitrogens with one attached hydrogen (secondary N) is 1. The summed E-state index contributed by atoms with van der Waals surface area (Å²) in [6.45, 7) is 12.7. The van der Waals surface area contributed by atoms with Gasteiger partial charge in [-0.1, -0.05) is 26.7 Å². The van der Waals surface area contributed by atoms with Crippen LogP contribution in [0.15, 0.2) is 0 Å². The molecule has 0 bridgehead atoms. The lowest BCUT2D eigenvalue weighted by Crippen LogP contribution is -2.37. The Bertz CT molecular complexity index is 136. The first kappa shape index (κ1) is 14.9. The Kier molecular flexibility index (Phi) is 9.12. The van der Waals surface area contributed by atoms with Gasteiger partial charge in [-0.2, -0.15) is 0 Å². The van der Waals surface area contributed by atoms with Crippen molar-refractivity contribution in [3.63, 3.8) is 0 Å². The molecule has 0 fully saturated rings. The Morgan fingerprint density at radius 2 is 1.67 bits per heavy atom. The summed E-state index contributed by atoms with van der Waals surface area (Å²) in [6.07, 6.45) is 3.94. The van der Waals surface area contributed by atoms with Crippen LogP contribution in [-0.4, -0.2) is 25.3 Å². The summed E-state index contributed by atoms with van der Waals surface area (Å²) in [6, 6.07) is 1.08. The first-order valence-electron chi connectivity index (χ1n) is 6.40. The van der Waals surface area contributed by atoms with Gasteiger partial charge in [-0.25, -0.2) is 0 Å². The molecule has 2 atom stereocenters. The van der Waals surface area contributed by atoms with E-state index in [1.54, 1.807) is 0 Å². The highest BCUT2D eigenvalue weighted by atomic mass is 16.5. The van der Waals surface area contributed by atoms with Crippen molar-refractivity contribution in [2.24, 2.45) is 5.92 Å². The SMILES string of the molecule is CCOCC(C)NC(C)CCCC(C)C. The largest absolute Gasteiger partial charge is 0.380 e. The van der Waals surface area contributed by atoms with Gasteiger partial charge < -0.3 is 10.1 Å². The van der Waals surface area contributed by atoms with Gasteiger partial charge in [0.2, 0.25) is 0 Å². The molecule has 2 heteroatoms. The highest BCUT2D eigenvalue weighted by Crippen LogP contribution is 2.08. The molecule has 2 nitrogen and oxygen atoms in total. The molecule has 0 heterocycles. The maximum Gasteiger partial charge on any atom is 0.0616 e. The smallest absolute Gasteiger partial charge is 0.0616 e. The quantitative estimate of drug-likeness (QED) is 0.637. The molecule has 0 aliphatic carbocycles. The predicted octanol–water partition coefficient (Wildman–Crippen LogP) is 3.22. The topological polar surface area (TPSA) is 21.3 Å². The zero-order chi connectivity index (χ0) is 11.7. The van der Waals surface area contributed by atoms with E-state index in [1.807, 2.05) is 6.92 Å². The minimum absolute atomic E-state index is 0.471.